The van der Waals surface area contributed by atoms with E-state index >= 15 is 0 Å². The van der Waals surface area contributed by atoms with E-state index < -0.39 is 30.0 Å². The van der Waals surface area contributed by atoms with Crippen LogP contribution in [0.3, 0.4) is 0 Å². The molecular formula is C19H33N5O5S. The molecule has 4 atom stereocenters. The minimum atomic E-state index is -1.11. The number of aliphatic carboxylic acids is 1. The average molecular weight is 444 g/mol. The molecule has 0 aromatic heterocycles. The van der Waals surface area contributed by atoms with Gasteiger partial charge in [0.25, 0.3) is 0 Å². The molecule has 3 amide bonds. The molecular weight excluding hydrogens is 410 g/mol. The lowest BCUT2D eigenvalue weighted by molar-refractivity contribution is -0.144. The van der Waals surface area contributed by atoms with Crippen molar-refractivity contribution < 1.29 is 24.3 Å². The minimum absolute atomic E-state index is 0.110. The Kier molecular flexibility index (Phi) is 9.86. The van der Waals surface area contributed by atoms with Gasteiger partial charge in [-0.3, -0.25) is 14.4 Å². The molecule has 2 aliphatic heterocycles. The first-order chi connectivity index (χ1) is 14.4. The number of likely N-dealkylation sites (tertiary alicyclic amines) is 1. The van der Waals surface area contributed by atoms with Crippen LogP contribution < -0.4 is 21.7 Å². The number of nitrogens with one attached hydrogen (secondary N) is 3. The Morgan fingerprint density at radius 2 is 1.83 bits per heavy atom. The highest BCUT2D eigenvalue weighted by Gasteiger charge is 2.39. The number of carboxylic acids is 1. The molecule has 0 saturated carbocycles. The highest BCUT2D eigenvalue weighted by Crippen LogP contribution is 2.20. The van der Waals surface area contributed by atoms with Crippen molar-refractivity contribution in [2.45, 2.75) is 69.1 Å². The molecule has 2 rings (SSSR count). The van der Waals surface area contributed by atoms with Gasteiger partial charge in [-0.15, -0.1) is 0 Å². The normalized spacial score (nSPS) is 23.1. The fourth-order valence-electron chi connectivity index (χ4n) is 3.89. The fraction of sp³-hybridized carbons (Fsp3) is 0.789. The SMILES string of the molecule is NCCCCC(NC(=O)C1CCCN1C(=O)C(CS)NC(=O)C1CCCN1)C(=O)O. The topological polar surface area (TPSA) is 154 Å². The number of amides is 3. The lowest BCUT2D eigenvalue weighted by Gasteiger charge is -2.29. The number of unbranched alkanes of at least 4 members (excludes halogenated alkanes) is 1. The third-order valence-corrected chi connectivity index (χ3v) is 5.94. The molecule has 30 heavy (non-hydrogen) atoms. The lowest BCUT2D eigenvalue weighted by Crippen LogP contribution is -2.57. The van der Waals surface area contributed by atoms with Crippen LogP contribution in [-0.4, -0.2) is 83.3 Å². The van der Waals surface area contributed by atoms with E-state index in [1.165, 1.54) is 4.90 Å². The average Bonchev–Trinajstić information content (AvgIpc) is 3.42. The predicted molar refractivity (Wildman–Crippen MR) is 114 cm³/mol. The fourth-order valence-corrected chi connectivity index (χ4v) is 4.13. The van der Waals surface area contributed by atoms with Crippen LogP contribution in [0.1, 0.15) is 44.9 Å². The number of hydrogen-bond donors (Lipinski definition) is 6. The van der Waals surface area contributed by atoms with Gasteiger partial charge in [0, 0.05) is 12.3 Å². The van der Waals surface area contributed by atoms with Crippen LogP contribution >= 0.6 is 12.6 Å². The van der Waals surface area contributed by atoms with Gasteiger partial charge < -0.3 is 31.7 Å². The second kappa shape index (κ2) is 12.1. The maximum absolute atomic E-state index is 13.0. The molecule has 2 saturated heterocycles. The van der Waals surface area contributed by atoms with Crippen molar-refractivity contribution in [1.82, 2.24) is 20.9 Å². The van der Waals surface area contributed by atoms with E-state index in [0.29, 0.717) is 38.8 Å². The molecule has 0 radical (unpaired) electrons. The number of thiol groups is 1. The summed E-state index contributed by atoms with van der Waals surface area (Å²) in [7, 11) is 0. The van der Waals surface area contributed by atoms with Crippen LogP contribution in [0.15, 0.2) is 0 Å². The maximum Gasteiger partial charge on any atom is 0.326 e. The Labute approximate surface area is 182 Å². The first-order valence-electron chi connectivity index (χ1n) is 10.6. The van der Waals surface area contributed by atoms with E-state index in [-0.39, 0.29) is 30.0 Å². The molecule has 0 aromatic carbocycles. The summed E-state index contributed by atoms with van der Waals surface area (Å²) < 4.78 is 0. The van der Waals surface area contributed by atoms with E-state index in [9.17, 15) is 24.3 Å². The summed E-state index contributed by atoms with van der Waals surface area (Å²) >= 11 is 4.21. The maximum atomic E-state index is 13.0. The number of nitrogens with zero attached hydrogens (tertiary/aromatic N) is 1. The molecule has 0 bridgehead atoms. The monoisotopic (exact) mass is 443 g/mol. The molecule has 2 fully saturated rings. The number of carbonyl (C=O) groups is 4. The highest BCUT2D eigenvalue weighted by molar-refractivity contribution is 7.80. The smallest absolute Gasteiger partial charge is 0.326 e. The van der Waals surface area contributed by atoms with Gasteiger partial charge in [0.05, 0.1) is 6.04 Å². The van der Waals surface area contributed by atoms with Gasteiger partial charge >= 0.3 is 5.97 Å². The molecule has 0 aliphatic carbocycles. The molecule has 0 spiro atoms. The van der Waals surface area contributed by atoms with Crippen LogP contribution in [-0.2, 0) is 19.2 Å². The van der Waals surface area contributed by atoms with E-state index in [4.69, 9.17) is 5.73 Å². The van der Waals surface area contributed by atoms with Crippen LogP contribution in [0.4, 0.5) is 0 Å². The van der Waals surface area contributed by atoms with Gasteiger partial charge in [0.2, 0.25) is 17.7 Å². The van der Waals surface area contributed by atoms with Crippen molar-refractivity contribution in [3.8, 4) is 0 Å². The minimum Gasteiger partial charge on any atom is -0.480 e. The van der Waals surface area contributed by atoms with Crippen molar-refractivity contribution in [1.29, 1.82) is 0 Å². The summed E-state index contributed by atoms with van der Waals surface area (Å²) in [5.41, 5.74) is 5.44. The van der Waals surface area contributed by atoms with Gasteiger partial charge in [0.15, 0.2) is 0 Å². The number of rotatable bonds is 11. The number of carboxylic acid groups (broad SMARTS) is 1. The highest BCUT2D eigenvalue weighted by atomic mass is 32.1. The standard InChI is InChI=1S/C19H33N5O5S/c20-8-2-1-5-13(19(28)29)22-17(26)15-7-4-10-24(15)18(27)14(11-30)23-16(25)12-6-3-9-21-12/h12-15,21,30H,1-11,20H2,(H,22,26)(H,23,25)(H,28,29). The number of carbonyl (C=O) groups excluding carboxylic acids is 3. The molecule has 170 valence electrons. The summed E-state index contributed by atoms with van der Waals surface area (Å²) in [5.74, 6) is -2.10. The van der Waals surface area contributed by atoms with Gasteiger partial charge in [-0.1, -0.05) is 0 Å². The molecule has 11 heteroatoms. The van der Waals surface area contributed by atoms with Crippen LogP contribution in [0.5, 0.6) is 0 Å². The van der Waals surface area contributed by atoms with E-state index in [1.807, 2.05) is 0 Å². The van der Waals surface area contributed by atoms with E-state index in [0.717, 1.165) is 19.4 Å². The first kappa shape index (κ1) is 24.4. The Balaban J connectivity index is 1.97. The summed E-state index contributed by atoms with van der Waals surface area (Å²) in [6.07, 6.45) is 4.24. The van der Waals surface area contributed by atoms with Crippen molar-refractivity contribution in [2.75, 3.05) is 25.4 Å². The predicted octanol–water partition coefficient (Wildman–Crippen LogP) is -1.16. The summed E-state index contributed by atoms with van der Waals surface area (Å²) in [6.45, 7) is 1.60. The molecule has 10 nitrogen and oxygen atoms in total. The largest absolute Gasteiger partial charge is 0.480 e. The second-order valence-corrected chi connectivity index (χ2v) is 8.13. The molecule has 4 unspecified atom stereocenters. The summed E-state index contributed by atoms with van der Waals surface area (Å²) in [5, 5.41) is 17.7. The van der Waals surface area contributed by atoms with Crippen LogP contribution in [0.2, 0.25) is 0 Å². The van der Waals surface area contributed by atoms with Gasteiger partial charge in [-0.2, -0.15) is 12.6 Å². The lowest BCUT2D eigenvalue weighted by atomic mass is 10.1. The Bertz CT molecular complexity index is 628. The van der Waals surface area contributed by atoms with Gasteiger partial charge in [-0.05, 0) is 58.0 Å². The van der Waals surface area contributed by atoms with Crippen LogP contribution in [0, 0.1) is 0 Å². The molecule has 0 aromatic rings. The van der Waals surface area contributed by atoms with Crippen molar-refractivity contribution in [2.24, 2.45) is 5.73 Å². The van der Waals surface area contributed by atoms with Crippen molar-refractivity contribution in [3.63, 3.8) is 0 Å². The van der Waals surface area contributed by atoms with Gasteiger partial charge in [0.1, 0.15) is 18.1 Å². The first-order valence-corrected chi connectivity index (χ1v) is 11.2. The second-order valence-electron chi connectivity index (χ2n) is 7.77. The van der Waals surface area contributed by atoms with Crippen molar-refractivity contribution >= 4 is 36.3 Å². The zero-order chi connectivity index (χ0) is 22.1. The van der Waals surface area contributed by atoms with Crippen molar-refractivity contribution in [3.05, 3.63) is 0 Å². The summed E-state index contributed by atoms with van der Waals surface area (Å²) in [4.78, 5) is 51.0. The number of hydrogen-bond acceptors (Lipinski definition) is 7. The van der Waals surface area contributed by atoms with E-state index in [2.05, 4.69) is 28.6 Å². The Morgan fingerprint density at radius 1 is 1.10 bits per heavy atom. The zero-order valence-corrected chi connectivity index (χ0v) is 18.0. The van der Waals surface area contributed by atoms with E-state index in [1.54, 1.807) is 0 Å². The Morgan fingerprint density at radius 3 is 2.43 bits per heavy atom. The molecule has 2 aliphatic rings. The quantitative estimate of drug-likeness (QED) is 0.174. The van der Waals surface area contributed by atoms with Gasteiger partial charge in [-0.25, -0.2) is 4.79 Å². The number of nitrogens with two attached hydrogens (primary N) is 1. The van der Waals surface area contributed by atoms with Crippen LogP contribution in [0.25, 0.3) is 0 Å². The third kappa shape index (κ3) is 6.58. The zero-order valence-electron chi connectivity index (χ0n) is 17.1. The molecule has 2 heterocycles. The third-order valence-electron chi connectivity index (χ3n) is 5.57. The summed E-state index contributed by atoms with van der Waals surface area (Å²) in [6, 6.07) is -2.92. The Hall–Kier alpha value is -1.85. The molecule has 6 N–H and O–H groups in total.